The van der Waals surface area contributed by atoms with Gasteiger partial charge in [-0.3, -0.25) is 0 Å². The molecule has 0 unspecified atom stereocenters. The minimum absolute atomic E-state index is 0.0464. The summed E-state index contributed by atoms with van der Waals surface area (Å²) < 4.78 is 0. The van der Waals surface area contributed by atoms with Gasteiger partial charge >= 0.3 is 0 Å². The van der Waals surface area contributed by atoms with Crippen molar-refractivity contribution in [2.24, 2.45) is 0 Å². The molecular formula is C31H22S. The van der Waals surface area contributed by atoms with Crippen molar-refractivity contribution in [3.63, 3.8) is 0 Å². The van der Waals surface area contributed by atoms with Gasteiger partial charge in [0.2, 0.25) is 0 Å². The van der Waals surface area contributed by atoms with Gasteiger partial charge in [-0.2, -0.15) is 0 Å². The Morgan fingerprint density at radius 1 is 0.531 bits per heavy atom. The van der Waals surface area contributed by atoms with E-state index in [0.29, 0.717) is 0 Å². The molecule has 2 aliphatic rings. The molecule has 0 saturated heterocycles. The topological polar surface area (TPSA) is 0 Å². The average Bonchev–Trinajstić information content (AvgIpc) is 3.06. The van der Waals surface area contributed by atoms with Crippen LogP contribution in [0, 0.1) is 0 Å². The molecule has 0 aromatic heterocycles. The molecule has 0 N–H and O–H groups in total. The van der Waals surface area contributed by atoms with Gasteiger partial charge in [0.25, 0.3) is 0 Å². The maximum Gasteiger partial charge on any atom is 0.0207 e. The molecule has 5 aromatic carbocycles. The van der Waals surface area contributed by atoms with Gasteiger partial charge in [0.05, 0.1) is 0 Å². The average molecular weight is 427 g/mol. The van der Waals surface area contributed by atoms with Crippen molar-refractivity contribution in [2.75, 3.05) is 0 Å². The van der Waals surface area contributed by atoms with E-state index < -0.39 is 0 Å². The van der Waals surface area contributed by atoms with Crippen LogP contribution >= 0.6 is 11.8 Å². The molecule has 1 heterocycles. The first-order valence-corrected chi connectivity index (χ1v) is 12.0. The van der Waals surface area contributed by atoms with E-state index in [2.05, 4.69) is 111 Å². The number of fused-ring (bicyclic) bond motifs is 5. The lowest BCUT2D eigenvalue weighted by atomic mass is 9.82. The van der Waals surface area contributed by atoms with E-state index in [9.17, 15) is 0 Å². The zero-order valence-electron chi connectivity index (χ0n) is 18.1. The van der Waals surface area contributed by atoms with Crippen molar-refractivity contribution in [1.29, 1.82) is 0 Å². The van der Waals surface area contributed by atoms with Crippen LogP contribution in [0.3, 0.4) is 0 Å². The fourth-order valence-electron chi connectivity index (χ4n) is 5.72. The Hall–Kier alpha value is -3.29. The second-order valence-corrected chi connectivity index (χ2v) is 10.5. The van der Waals surface area contributed by atoms with E-state index in [1.807, 2.05) is 11.8 Å². The third kappa shape index (κ3) is 2.35. The predicted molar refractivity (Wildman–Crippen MR) is 137 cm³/mol. The lowest BCUT2D eigenvalue weighted by Gasteiger charge is -2.22. The summed E-state index contributed by atoms with van der Waals surface area (Å²) in [7, 11) is 0. The predicted octanol–water partition coefficient (Wildman–Crippen LogP) is 8.94. The minimum Gasteiger partial charge on any atom is -0.0888 e. The van der Waals surface area contributed by atoms with Crippen molar-refractivity contribution >= 4 is 22.5 Å². The number of hydrogen-bond acceptors (Lipinski definition) is 1. The molecule has 0 fully saturated rings. The van der Waals surface area contributed by atoms with Crippen molar-refractivity contribution < 1.29 is 0 Å². The number of benzene rings is 5. The molecule has 0 amide bonds. The summed E-state index contributed by atoms with van der Waals surface area (Å²) >= 11 is 1.89. The first kappa shape index (κ1) is 18.3. The summed E-state index contributed by atoms with van der Waals surface area (Å²) in [5, 5.41) is 2.72. The number of rotatable bonds is 1. The highest BCUT2D eigenvalue weighted by Crippen LogP contribution is 2.52. The zero-order chi connectivity index (χ0) is 21.4. The van der Waals surface area contributed by atoms with Gasteiger partial charge in [-0.15, -0.1) is 0 Å². The third-order valence-corrected chi connectivity index (χ3v) is 8.43. The van der Waals surface area contributed by atoms with Crippen molar-refractivity contribution in [1.82, 2.24) is 0 Å². The quantitative estimate of drug-likeness (QED) is 0.253. The Labute approximate surface area is 192 Å². The molecule has 152 valence electrons. The second-order valence-electron chi connectivity index (χ2n) is 9.37. The van der Waals surface area contributed by atoms with Gasteiger partial charge in [0, 0.05) is 20.6 Å². The Kier molecular flexibility index (Phi) is 3.64. The fraction of sp³-hybridized carbons (Fsp3) is 0.0968. The fourth-order valence-corrected chi connectivity index (χ4v) is 6.85. The van der Waals surface area contributed by atoms with Crippen LogP contribution in [0.25, 0.3) is 44.2 Å². The summed E-state index contributed by atoms with van der Waals surface area (Å²) in [6, 6.07) is 36.1. The molecule has 0 saturated carbocycles. The normalized spacial score (nSPS) is 14.7. The molecule has 5 aromatic rings. The van der Waals surface area contributed by atoms with E-state index in [-0.39, 0.29) is 5.41 Å². The Bertz CT molecular complexity index is 1570. The monoisotopic (exact) mass is 426 g/mol. The summed E-state index contributed by atoms with van der Waals surface area (Å²) in [5.74, 6) is 0. The van der Waals surface area contributed by atoms with E-state index in [0.717, 1.165) is 0 Å². The van der Waals surface area contributed by atoms with Gasteiger partial charge in [0.1, 0.15) is 0 Å². The Morgan fingerprint density at radius 3 is 2.19 bits per heavy atom. The largest absolute Gasteiger partial charge is 0.0888 e. The highest BCUT2D eigenvalue weighted by Gasteiger charge is 2.35. The third-order valence-electron chi connectivity index (χ3n) is 7.29. The molecular weight excluding hydrogens is 404 g/mol. The van der Waals surface area contributed by atoms with Crippen LogP contribution < -0.4 is 0 Å². The van der Waals surface area contributed by atoms with Crippen LogP contribution in [-0.2, 0) is 5.41 Å². The van der Waals surface area contributed by atoms with Gasteiger partial charge < -0.3 is 0 Å². The van der Waals surface area contributed by atoms with Crippen molar-refractivity contribution in [3.05, 3.63) is 108 Å². The van der Waals surface area contributed by atoms with E-state index in [4.69, 9.17) is 0 Å². The first-order chi connectivity index (χ1) is 15.6. The van der Waals surface area contributed by atoms with Crippen LogP contribution in [0.1, 0.15) is 25.0 Å². The molecule has 0 radical (unpaired) electrons. The summed E-state index contributed by atoms with van der Waals surface area (Å²) in [5.41, 5.74) is 11.0. The zero-order valence-corrected chi connectivity index (χ0v) is 19.0. The van der Waals surface area contributed by atoms with Gasteiger partial charge in [-0.05, 0) is 68.1 Å². The maximum absolute atomic E-state index is 2.41. The molecule has 0 spiro atoms. The molecule has 7 rings (SSSR count). The highest BCUT2D eigenvalue weighted by atomic mass is 32.2. The summed E-state index contributed by atoms with van der Waals surface area (Å²) in [6.45, 7) is 4.68. The minimum atomic E-state index is 0.0464. The molecule has 1 heteroatoms. The highest BCUT2D eigenvalue weighted by molar-refractivity contribution is 7.99. The Morgan fingerprint density at radius 2 is 1.28 bits per heavy atom. The summed E-state index contributed by atoms with van der Waals surface area (Å²) in [6.07, 6.45) is 0. The van der Waals surface area contributed by atoms with Gasteiger partial charge in [-0.25, -0.2) is 0 Å². The molecule has 1 aliphatic heterocycles. The molecule has 32 heavy (non-hydrogen) atoms. The van der Waals surface area contributed by atoms with E-state index in [1.54, 1.807) is 0 Å². The lowest BCUT2D eigenvalue weighted by molar-refractivity contribution is 0.660. The van der Waals surface area contributed by atoms with Crippen LogP contribution in [0.2, 0.25) is 0 Å². The van der Waals surface area contributed by atoms with E-state index in [1.165, 1.54) is 65.1 Å². The van der Waals surface area contributed by atoms with Crippen LogP contribution in [-0.4, -0.2) is 0 Å². The number of hydrogen-bond donors (Lipinski definition) is 0. The standard InChI is InChI=1S/C31H22S/c1-31(2)26-12-5-3-8-21(26)25-18-19(14-16-27(25)31)20-15-17-29-30-23(20)10-7-11-24(30)22-9-4-6-13-28(22)32-29/h3-18H,1-2H3. The molecule has 1 aliphatic carbocycles. The second kappa shape index (κ2) is 6.37. The van der Waals surface area contributed by atoms with Gasteiger partial charge in [0.15, 0.2) is 0 Å². The SMILES string of the molecule is CC1(C)c2ccccc2-c2cc(-c3ccc4c5c(cccc35)-c3ccccc3S4)ccc21. The Balaban J connectivity index is 1.48. The van der Waals surface area contributed by atoms with Crippen LogP contribution in [0.15, 0.2) is 107 Å². The van der Waals surface area contributed by atoms with Crippen molar-refractivity contribution in [2.45, 2.75) is 29.1 Å². The molecule has 0 nitrogen and oxygen atoms in total. The van der Waals surface area contributed by atoms with Crippen molar-refractivity contribution in [3.8, 4) is 33.4 Å². The smallest absolute Gasteiger partial charge is 0.0207 e. The van der Waals surface area contributed by atoms with E-state index >= 15 is 0 Å². The molecule has 0 atom stereocenters. The van der Waals surface area contributed by atoms with Crippen LogP contribution in [0.5, 0.6) is 0 Å². The lowest BCUT2D eigenvalue weighted by Crippen LogP contribution is -2.14. The summed E-state index contributed by atoms with van der Waals surface area (Å²) in [4.78, 5) is 2.70. The molecule has 0 bridgehead atoms. The first-order valence-electron chi connectivity index (χ1n) is 11.2. The van der Waals surface area contributed by atoms with Crippen LogP contribution in [0.4, 0.5) is 0 Å². The van der Waals surface area contributed by atoms with Gasteiger partial charge in [-0.1, -0.05) is 104 Å². The maximum atomic E-state index is 2.41.